The van der Waals surface area contributed by atoms with E-state index < -0.39 is 13.0 Å². The zero-order valence-corrected chi connectivity index (χ0v) is 11.3. The molecule has 0 aliphatic rings. The molecule has 0 amide bonds. The summed E-state index contributed by atoms with van der Waals surface area (Å²) in [5.41, 5.74) is 0.723. The van der Waals surface area contributed by atoms with Crippen LogP contribution in [0.2, 0.25) is 5.02 Å². The Kier molecular flexibility index (Phi) is 6.36. The highest BCUT2D eigenvalue weighted by Crippen LogP contribution is 2.26. The number of benzene rings is 1. The fourth-order valence-corrected chi connectivity index (χ4v) is 1.72. The third kappa shape index (κ3) is 5.19. The molecule has 0 radical (unpaired) electrons. The van der Waals surface area contributed by atoms with Gasteiger partial charge in [0.2, 0.25) is 0 Å². The zero-order valence-electron chi connectivity index (χ0n) is 10.6. The third-order valence-electron chi connectivity index (χ3n) is 2.30. The number of nitrogens with one attached hydrogen (secondary N) is 1. The minimum atomic E-state index is -2.49. The first-order valence-electron chi connectivity index (χ1n) is 5.89. The molecule has 0 aliphatic carbocycles. The maximum atomic E-state index is 12.1. The van der Waals surface area contributed by atoms with E-state index in [9.17, 15) is 8.78 Å². The molecule has 0 aromatic heterocycles. The highest BCUT2D eigenvalue weighted by molar-refractivity contribution is 6.31. The van der Waals surface area contributed by atoms with Gasteiger partial charge < -0.3 is 10.1 Å². The van der Waals surface area contributed by atoms with Crippen LogP contribution in [0.1, 0.15) is 19.4 Å². The summed E-state index contributed by atoms with van der Waals surface area (Å²) in [6, 6.07) is 5.07. The number of alkyl halides is 2. The van der Waals surface area contributed by atoms with Gasteiger partial charge in [-0.2, -0.15) is 0 Å². The maximum absolute atomic E-state index is 12.1. The van der Waals surface area contributed by atoms with E-state index in [1.165, 1.54) is 0 Å². The fraction of sp³-hybridized carbons (Fsp3) is 0.538. The zero-order chi connectivity index (χ0) is 13.5. The summed E-state index contributed by atoms with van der Waals surface area (Å²) in [6.45, 7) is 4.91. The summed E-state index contributed by atoms with van der Waals surface area (Å²) in [7, 11) is 0. The Bertz CT molecular complexity index is 372. The van der Waals surface area contributed by atoms with E-state index in [1.807, 2.05) is 0 Å². The lowest BCUT2D eigenvalue weighted by Gasteiger charge is -2.14. The quantitative estimate of drug-likeness (QED) is 0.820. The Labute approximate surface area is 111 Å². The molecule has 1 aromatic rings. The van der Waals surface area contributed by atoms with Gasteiger partial charge in [0.15, 0.2) is 0 Å². The topological polar surface area (TPSA) is 21.3 Å². The number of hydrogen-bond acceptors (Lipinski definition) is 2. The van der Waals surface area contributed by atoms with Crippen LogP contribution in [0.15, 0.2) is 18.2 Å². The van der Waals surface area contributed by atoms with Gasteiger partial charge in [0.25, 0.3) is 6.43 Å². The molecule has 2 nitrogen and oxygen atoms in total. The molecule has 18 heavy (non-hydrogen) atoms. The van der Waals surface area contributed by atoms with E-state index >= 15 is 0 Å². The molecule has 0 unspecified atom stereocenters. The van der Waals surface area contributed by atoms with Crippen molar-refractivity contribution in [3.8, 4) is 5.75 Å². The van der Waals surface area contributed by atoms with Crippen LogP contribution in [0.25, 0.3) is 0 Å². The van der Waals surface area contributed by atoms with Crippen molar-refractivity contribution in [2.75, 3.05) is 13.2 Å². The fourth-order valence-electron chi connectivity index (χ4n) is 1.48. The summed E-state index contributed by atoms with van der Waals surface area (Å²) in [5, 5.41) is 3.74. The lowest BCUT2D eigenvalue weighted by atomic mass is 10.1. The summed E-state index contributed by atoms with van der Waals surface area (Å²) in [6.07, 6.45) is -2.49. The Hall–Kier alpha value is -0.870. The Morgan fingerprint density at radius 1 is 1.33 bits per heavy atom. The second-order valence-electron chi connectivity index (χ2n) is 4.44. The Morgan fingerprint density at radius 3 is 2.67 bits per heavy atom. The van der Waals surface area contributed by atoms with Gasteiger partial charge >= 0.3 is 0 Å². The van der Waals surface area contributed by atoms with Crippen LogP contribution in [-0.2, 0) is 6.54 Å². The van der Waals surface area contributed by atoms with E-state index in [1.54, 1.807) is 18.2 Å². The van der Waals surface area contributed by atoms with Gasteiger partial charge in [-0.15, -0.1) is 0 Å². The minimum Gasteiger partial charge on any atom is -0.487 e. The first kappa shape index (κ1) is 15.2. The molecule has 102 valence electrons. The molecule has 0 saturated carbocycles. The number of rotatable bonds is 7. The number of ether oxygens (including phenoxy) is 1. The molecule has 0 bridgehead atoms. The second-order valence-corrected chi connectivity index (χ2v) is 4.85. The summed E-state index contributed by atoms with van der Waals surface area (Å²) in [4.78, 5) is 0. The first-order valence-corrected chi connectivity index (χ1v) is 6.27. The molecule has 0 atom stereocenters. The van der Waals surface area contributed by atoms with Crippen LogP contribution in [0.3, 0.4) is 0 Å². The first-order chi connectivity index (χ1) is 8.50. The van der Waals surface area contributed by atoms with Gasteiger partial charge in [0, 0.05) is 17.1 Å². The number of hydrogen-bond donors (Lipinski definition) is 1. The van der Waals surface area contributed by atoms with Crippen LogP contribution < -0.4 is 10.1 Å². The van der Waals surface area contributed by atoms with Crippen molar-refractivity contribution < 1.29 is 13.5 Å². The van der Waals surface area contributed by atoms with Crippen LogP contribution in [0, 0.1) is 5.92 Å². The molecule has 0 spiro atoms. The van der Waals surface area contributed by atoms with Gasteiger partial charge in [-0.3, -0.25) is 0 Å². The molecule has 0 heterocycles. The minimum absolute atomic E-state index is 0.416. The molecular formula is C13H18ClF2NO. The highest BCUT2D eigenvalue weighted by Gasteiger charge is 2.10. The number of halogens is 3. The lowest BCUT2D eigenvalue weighted by Crippen LogP contribution is -2.20. The molecule has 0 fully saturated rings. The van der Waals surface area contributed by atoms with Crippen molar-refractivity contribution in [1.29, 1.82) is 0 Å². The van der Waals surface area contributed by atoms with Gasteiger partial charge in [0.05, 0.1) is 0 Å². The third-order valence-corrected chi connectivity index (χ3v) is 2.65. The molecule has 0 saturated heterocycles. The lowest BCUT2D eigenvalue weighted by molar-refractivity contribution is 0.0813. The van der Waals surface area contributed by atoms with Crippen molar-refractivity contribution >= 4 is 11.6 Å². The molecule has 1 rings (SSSR count). The monoisotopic (exact) mass is 277 g/mol. The standard InChI is InChI=1S/C13H18ClF2NO/c1-9(2)6-17-7-10-11(14)4-3-5-12(10)18-8-13(15)16/h3-5,9,13,17H,6-8H2,1-2H3. The molecule has 1 aromatic carbocycles. The van der Waals surface area contributed by atoms with Crippen molar-refractivity contribution in [3.05, 3.63) is 28.8 Å². The molecule has 0 aliphatic heterocycles. The normalized spacial score (nSPS) is 11.3. The van der Waals surface area contributed by atoms with Crippen molar-refractivity contribution in [2.24, 2.45) is 5.92 Å². The van der Waals surface area contributed by atoms with E-state index in [-0.39, 0.29) is 0 Å². The van der Waals surface area contributed by atoms with Crippen LogP contribution in [0.5, 0.6) is 5.75 Å². The summed E-state index contributed by atoms with van der Waals surface area (Å²) >= 11 is 6.05. The molecule has 5 heteroatoms. The van der Waals surface area contributed by atoms with Gasteiger partial charge in [-0.25, -0.2) is 8.78 Å². The van der Waals surface area contributed by atoms with E-state index in [0.29, 0.717) is 23.2 Å². The van der Waals surface area contributed by atoms with Crippen LogP contribution in [0.4, 0.5) is 8.78 Å². The van der Waals surface area contributed by atoms with Crippen LogP contribution >= 0.6 is 11.6 Å². The maximum Gasteiger partial charge on any atom is 0.272 e. The van der Waals surface area contributed by atoms with E-state index in [0.717, 1.165) is 12.1 Å². The molecule has 1 N–H and O–H groups in total. The average Bonchev–Trinajstić information content (AvgIpc) is 2.28. The average molecular weight is 278 g/mol. The highest BCUT2D eigenvalue weighted by atomic mass is 35.5. The predicted molar refractivity (Wildman–Crippen MR) is 69.5 cm³/mol. The van der Waals surface area contributed by atoms with Crippen molar-refractivity contribution in [1.82, 2.24) is 5.32 Å². The SMILES string of the molecule is CC(C)CNCc1c(Cl)cccc1OCC(F)F. The second kappa shape index (κ2) is 7.54. The van der Waals surface area contributed by atoms with Crippen LogP contribution in [-0.4, -0.2) is 19.6 Å². The van der Waals surface area contributed by atoms with Crippen molar-refractivity contribution in [2.45, 2.75) is 26.8 Å². The van der Waals surface area contributed by atoms with E-state index in [4.69, 9.17) is 16.3 Å². The summed E-state index contributed by atoms with van der Waals surface area (Å²) < 4.78 is 29.3. The van der Waals surface area contributed by atoms with Gasteiger partial charge in [0.1, 0.15) is 12.4 Å². The van der Waals surface area contributed by atoms with Gasteiger partial charge in [-0.05, 0) is 24.6 Å². The van der Waals surface area contributed by atoms with E-state index in [2.05, 4.69) is 19.2 Å². The summed E-state index contributed by atoms with van der Waals surface area (Å²) in [5.74, 6) is 0.928. The predicted octanol–water partition coefficient (Wildman–Crippen LogP) is 3.73. The molecular weight excluding hydrogens is 260 g/mol. The largest absolute Gasteiger partial charge is 0.487 e. The smallest absolute Gasteiger partial charge is 0.272 e. The Balaban J connectivity index is 2.67. The Morgan fingerprint density at radius 2 is 2.06 bits per heavy atom. The van der Waals surface area contributed by atoms with Gasteiger partial charge in [-0.1, -0.05) is 31.5 Å². The van der Waals surface area contributed by atoms with Crippen molar-refractivity contribution in [3.63, 3.8) is 0 Å².